The van der Waals surface area contributed by atoms with E-state index in [1.165, 1.54) is 65.7 Å². The molecule has 1 spiro atoms. The summed E-state index contributed by atoms with van der Waals surface area (Å²) in [5, 5.41) is 3.48. The summed E-state index contributed by atoms with van der Waals surface area (Å²) in [5.41, 5.74) is 18.5. The third-order valence-corrected chi connectivity index (χ3v) is 15.2. The van der Waals surface area contributed by atoms with Crippen molar-refractivity contribution in [1.82, 2.24) is 9.97 Å². The second-order valence-electron chi connectivity index (χ2n) is 17.5. The number of aromatic nitrogens is 2. The first kappa shape index (κ1) is 36.6. The predicted molar refractivity (Wildman–Crippen MR) is 269 cm³/mol. The van der Waals surface area contributed by atoms with E-state index in [4.69, 9.17) is 14.7 Å². The molecule has 0 amide bonds. The van der Waals surface area contributed by atoms with Crippen LogP contribution in [0.1, 0.15) is 39.8 Å². The number of thiophene rings is 1. The van der Waals surface area contributed by atoms with Gasteiger partial charge in [0, 0.05) is 32.3 Å². The van der Waals surface area contributed by atoms with Crippen molar-refractivity contribution in [3.05, 3.63) is 234 Å². The second kappa shape index (κ2) is 14.0. The number of para-hydroxylation sites is 2. The van der Waals surface area contributed by atoms with Crippen molar-refractivity contribution in [2.75, 3.05) is 0 Å². The van der Waals surface area contributed by atoms with Crippen LogP contribution in [-0.4, -0.2) is 9.97 Å². The summed E-state index contributed by atoms with van der Waals surface area (Å²) in [6.45, 7) is 0. The Morgan fingerprint density at radius 1 is 0.492 bits per heavy atom. The van der Waals surface area contributed by atoms with Gasteiger partial charge in [-0.15, -0.1) is 11.3 Å². The lowest BCUT2D eigenvalue weighted by atomic mass is 9.65. The molecule has 0 bridgehead atoms. The molecule has 3 nitrogen and oxygen atoms in total. The lowest BCUT2D eigenvalue weighted by molar-refractivity contribution is 0.436. The van der Waals surface area contributed by atoms with Crippen molar-refractivity contribution in [1.29, 1.82) is 0 Å². The highest BCUT2D eigenvalue weighted by molar-refractivity contribution is 7.26. The summed E-state index contributed by atoms with van der Waals surface area (Å²) < 4.78 is 9.00. The average molecular weight is 847 g/mol. The number of fused-ring (bicyclic) bond motifs is 15. The maximum absolute atomic E-state index is 6.69. The summed E-state index contributed by atoms with van der Waals surface area (Å²) in [4.78, 5) is 10.7. The van der Waals surface area contributed by atoms with Gasteiger partial charge in [-0.25, -0.2) is 9.97 Å². The van der Waals surface area contributed by atoms with E-state index >= 15 is 0 Å². The molecule has 65 heavy (non-hydrogen) atoms. The molecule has 11 aromatic rings. The van der Waals surface area contributed by atoms with Crippen LogP contribution >= 0.6 is 11.3 Å². The van der Waals surface area contributed by atoms with Crippen molar-refractivity contribution in [2.24, 2.45) is 0 Å². The highest BCUT2D eigenvalue weighted by atomic mass is 32.1. The van der Waals surface area contributed by atoms with E-state index in [0.29, 0.717) is 0 Å². The van der Waals surface area contributed by atoms with Gasteiger partial charge in [-0.3, -0.25) is 0 Å². The molecule has 3 heterocycles. The number of benzene rings is 9. The Kier molecular flexibility index (Phi) is 7.90. The molecular weight excluding hydrogens is 809 g/mol. The number of nitrogens with zero attached hydrogens (tertiary/aromatic N) is 2. The second-order valence-corrected chi connectivity index (χ2v) is 18.5. The van der Waals surface area contributed by atoms with Crippen LogP contribution in [0.5, 0.6) is 11.5 Å². The van der Waals surface area contributed by atoms with Gasteiger partial charge in [0.15, 0.2) is 5.82 Å². The Labute approximate surface area is 380 Å². The fraction of sp³-hybridized carbons (Fsp3) is 0.0492. The van der Waals surface area contributed by atoms with E-state index < -0.39 is 5.41 Å². The lowest BCUT2D eigenvalue weighted by Crippen LogP contribution is -2.32. The third-order valence-electron chi connectivity index (χ3n) is 14.0. The number of rotatable bonds is 4. The van der Waals surface area contributed by atoms with Gasteiger partial charge in [0.05, 0.1) is 21.3 Å². The Hall–Kier alpha value is -7.92. The smallest absolute Gasteiger partial charge is 0.161 e. The monoisotopic (exact) mass is 846 g/mol. The van der Waals surface area contributed by atoms with Crippen LogP contribution in [-0.2, 0) is 11.8 Å². The quantitative estimate of drug-likeness (QED) is 0.177. The molecule has 0 atom stereocenters. The van der Waals surface area contributed by atoms with Crippen LogP contribution in [0.2, 0.25) is 0 Å². The van der Waals surface area contributed by atoms with Crippen LogP contribution in [0.15, 0.2) is 200 Å². The first-order chi connectivity index (χ1) is 32.2. The van der Waals surface area contributed by atoms with Gasteiger partial charge < -0.3 is 4.74 Å². The molecule has 0 fully saturated rings. The fourth-order valence-corrected chi connectivity index (χ4v) is 12.3. The number of hydrogen-bond acceptors (Lipinski definition) is 4. The summed E-state index contributed by atoms with van der Waals surface area (Å²) in [5.74, 6) is 2.56. The standard InChI is InChI=1S/C61H38N2OS/c1-3-21-44-37(14-1)16-13-24-46(44)60-62-57(59-58(63-60)48-23-5-10-29-55(48)65-59)43-20-12-19-41(35-43)39-17-11-18-40(34-39)42-30-32-47-52(36-42)61(51-33-31-38-15-2-4-22-45(38)56(47)51)49-25-6-8-27-53(49)64-54-28-9-7-26-50(54)61/h1,3-14,16-36H,2,15H2. The van der Waals surface area contributed by atoms with E-state index in [-0.39, 0.29) is 0 Å². The first-order valence-electron chi connectivity index (χ1n) is 22.4. The van der Waals surface area contributed by atoms with Crippen molar-refractivity contribution in [3.8, 4) is 67.5 Å². The number of ether oxygens (including phenoxy) is 1. The molecule has 3 aliphatic rings. The topological polar surface area (TPSA) is 35.0 Å². The van der Waals surface area contributed by atoms with E-state index in [0.717, 1.165) is 79.1 Å². The summed E-state index contributed by atoms with van der Waals surface area (Å²) in [6, 6.07) is 70.7. The van der Waals surface area contributed by atoms with Gasteiger partial charge >= 0.3 is 0 Å². The SMILES string of the molecule is C1=Cc2c(ccc3c2-c2ccc(-c4cccc(-c5cccc(-c6nc(-c7cccc8ccccc78)nc7c6sc6ccccc67)c5)c4)cc2C32c3ccccc3Oc3ccccc32)CC1. The molecule has 0 saturated heterocycles. The molecular formula is C61H38N2OS. The number of allylic oxidation sites excluding steroid dienone is 1. The van der Waals surface area contributed by atoms with Crippen molar-refractivity contribution in [3.63, 3.8) is 0 Å². The number of hydrogen-bond donors (Lipinski definition) is 0. The Bertz CT molecular complexity index is 3790. The Morgan fingerprint density at radius 3 is 1.97 bits per heavy atom. The molecule has 0 saturated carbocycles. The van der Waals surface area contributed by atoms with Gasteiger partial charge in [0.2, 0.25) is 0 Å². The van der Waals surface area contributed by atoms with E-state index in [1.54, 1.807) is 11.3 Å². The number of aryl methyl sites for hydroxylation is 1. The Morgan fingerprint density at radius 2 is 1.15 bits per heavy atom. The summed E-state index contributed by atoms with van der Waals surface area (Å²) >= 11 is 1.77. The maximum atomic E-state index is 6.69. The molecule has 9 aromatic carbocycles. The normalized spacial score (nSPS) is 13.9. The van der Waals surface area contributed by atoms with Crippen LogP contribution in [0, 0.1) is 0 Å². The van der Waals surface area contributed by atoms with Crippen LogP contribution in [0.3, 0.4) is 0 Å². The average Bonchev–Trinajstić information content (AvgIpc) is 3.90. The minimum absolute atomic E-state index is 0.543. The van der Waals surface area contributed by atoms with E-state index in [1.807, 2.05) is 0 Å². The van der Waals surface area contributed by atoms with Crippen LogP contribution < -0.4 is 4.74 Å². The van der Waals surface area contributed by atoms with Crippen molar-refractivity contribution < 1.29 is 4.74 Å². The fourth-order valence-electron chi connectivity index (χ4n) is 11.1. The molecule has 4 heteroatoms. The first-order valence-corrected chi connectivity index (χ1v) is 23.3. The van der Waals surface area contributed by atoms with Crippen molar-refractivity contribution >= 4 is 48.5 Å². The van der Waals surface area contributed by atoms with Gasteiger partial charge in [0.25, 0.3) is 0 Å². The van der Waals surface area contributed by atoms with Gasteiger partial charge in [0.1, 0.15) is 11.5 Å². The maximum Gasteiger partial charge on any atom is 0.161 e. The molecule has 2 aromatic heterocycles. The van der Waals surface area contributed by atoms with Crippen LogP contribution in [0.4, 0.5) is 0 Å². The van der Waals surface area contributed by atoms with E-state index in [2.05, 4.69) is 206 Å². The van der Waals surface area contributed by atoms with Crippen molar-refractivity contribution in [2.45, 2.75) is 18.3 Å². The molecule has 0 unspecified atom stereocenters. The lowest BCUT2D eigenvalue weighted by Gasteiger charge is -2.39. The zero-order valence-corrected chi connectivity index (χ0v) is 36.1. The largest absolute Gasteiger partial charge is 0.457 e. The molecule has 304 valence electrons. The Balaban J connectivity index is 0.930. The highest BCUT2D eigenvalue weighted by Crippen LogP contribution is 2.63. The van der Waals surface area contributed by atoms with Crippen LogP contribution in [0.25, 0.3) is 93.2 Å². The summed E-state index contributed by atoms with van der Waals surface area (Å²) in [6.07, 6.45) is 6.83. The van der Waals surface area contributed by atoms with Gasteiger partial charge in [-0.05, 0) is 116 Å². The molecule has 0 N–H and O–H groups in total. The molecule has 1 aliphatic heterocycles. The minimum atomic E-state index is -0.543. The molecule has 0 radical (unpaired) electrons. The third kappa shape index (κ3) is 5.35. The van der Waals surface area contributed by atoms with Gasteiger partial charge in [-0.2, -0.15) is 0 Å². The predicted octanol–water partition coefficient (Wildman–Crippen LogP) is 16.1. The zero-order valence-electron chi connectivity index (χ0n) is 35.3. The molecule has 2 aliphatic carbocycles. The summed E-state index contributed by atoms with van der Waals surface area (Å²) in [7, 11) is 0. The van der Waals surface area contributed by atoms with Gasteiger partial charge in [-0.1, -0.05) is 170 Å². The zero-order chi connectivity index (χ0) is 42.6. The van der Waals surface area contributed by atoms with E-state index in [9.17, 15) is 0 Å². The highest BCUT2D eigenvalue weighted by Gasteiger charge is 2.52. The minimum Gasteiger partial charge on any atom is -0.457 e. The molecule has 14 rings (SSSR count).